The Labute approximate surface area is 130 Å². The normalized spacial score (nSPS) is 9.59. The summed E-state index contributed by atoms with van der Waals surface area (Å²) >= 11 is 5.53. The van der Waals surface area contributed by atoms with Crippen molar-refractivity contribution < 1.29 is 4.79 Å². The highest BCUT2D eigenvalue weighted by molar-refractivity contribution is 14.1. The van der Waals surface area contributed by atoms with Crippen LogP contribution >= 0.6 is 50.9 Å². The Balaban J connectivity index is 0.00000256. The Kier molecular flexibility index (Phi) is 9.21. The molecule has 0 aliphatic rings. The summed E-state index contributed by atoms with van der Waals surface area (Å²) in [5.74, 6) is -0.0122. The van der Waals surface area contributed by atoms with Gasteiger partial charge in [0.1, 0.15) is 0 Å². The van der Waals surface area contributed by atoms with E-state index in [9.17, 15) is 4.79 Å². The molecule has 1 rings (SSSR count). The maximum Gasteiger partial charge on any atom is 0.252 e. The Morgan fingerprint density at radius 2 is 2.12 bits per heavy atom. The van der Waals surface area contributed by atoms with E-state index >= 15 is 0 Å². The van der Waals surface area contributed by atoms with Gasteiger partial charge in [0.15, 0.2) is 0 Å². The smallest absolute Gasteiger partial charge is 0.252 e. The number of hydrogen-bond donors (Lipinski definition) is 2. The van der Waals surface area contributed by atoms with E-state index in [1.54, 1.807) is 0 Å². The molecule has 0 heterocycles. The van der Waals surface area contributed by atoms with E-state index in [4.69, 9.17) is 0 Å². The zero-order chi connectivity index (χ0) is 12.0. The molecule has 0 aromatic heterocycles. The molecule has 0 fully saturated rings. The van der Waals surface area contributed by atoms with Crippen LogP contribution in [0.15, 0.2) is 22.7 Å². The molecule has 96 valence electrons. The Hall–Kier alpha value is 0.150. The van der Waals surface area contributed by atoms with Crippen LogP contribution in [0.4, 0.5) is 0 Å². The molecule has 0 spiro atoms. The van der Waals surface area contributed by atoms with Gasteiger partial charge >= 0.3 is 0 Å². The van der Waals surface area contributed by atoms with Crippen LogP contribution in [-0.2, 0) is 0 Å². The van der Waals surface area contributed by atoms with Crippen LogP contribution in [0.5, 0.6) is 0 Å². The fraction of sp³-hybridized carbons (Fsp3) is 0.364. The average molecular weight is 434 g/mol. The lowest BCUT2D eigenvalue weighted by atomic mass is 10.2. The summed E-state index contributed by atoms with van der Waals surface area (Å²) in [5.41, 5.74) is 0.722. The van der Waals surface area contributed by atoms with Crippen molar-refractivity contribution in [1.82, 2.24) is 10.6 Å². The number of carbonyl (C=O) groups is 1. The zero-order valence-electron chi connectivity index (χ0n) is 9.43. The van der Waals surface area contributed by atoms with Gasteiger partial charge in [0.25, 0.3) is 5.91 Å². The maximum atomic E-state index is 11.8. The van der Waals surface area contributed by atoms with Gasteiger partial charge in [-0.15, -0.1) is 12.4 Å². The first kappa shape index (κ1) is 17.2. The summed E-state index contributed by atoms with van der Waals surface area (Å²) in [4.78, 5) is 11.8. The number of amides is 1. The topological polar surface area (TPSA) is 41.1 Å². The van der Waals surface area contributed by atoms with E-state index in [0.717, 1.165) is 26.6 Å². The third-order valence-corrected chi connectivity index (χ3v) is 3.50. The summed E-state index contributed by atoms with van der Waals surface area (Å²) in [6, 6.07) is 5.70. The summed E-state index contributed by atoms with van der Waals surface area (Å²) in [6.45, 7) is 1.61. The number of benzene rings is 1. The maximum absolute atomic E-state index is 11.8. The molecule has 17 heavy (non-hydrogen) atoms. The lowest BCUT2D eigenvalue weighted by Crippen LogP contribution is -2.27. The van der Waals surface area contributed by atoms with Crippen LogP contribution in [0.25, 0.3) is 0 Å². The highest BCUT2D eigenvalue weighted by Gasteiger charge is 2.09. The second-order valence-electron chi connectivity index (χ2n) is 3.34. The SMILES string of the molecule is CNCCCNC(=O)c1cc(Br)ccc1I.Cl. The molecule has 1 aromatic carbocycles. The van der Waals surface area contributed by atoms with E-state index < -0.39 is 0 Å². The molecule has 0 bridgehead atoms. The van der Waals surface area contributed by atoms with Gasteiger partial charge in [0, 0.05) is 14.6 Å². The fourth-order valence-corrected chi connectivity index (χ4v) is 2.18. The summed E-state index contributed by atoms with van der Waals surface area (Å²) in [6.07, 6.45) is 0.937. The van der Waals surface area contributed by atoms with Crippen LogP contribution in [0.3, 0.4) is 0 Å². The van der Waals surface area contributed by atoms with Gasteiger partial charge in [-0.25, -0.2) is 0 Å². The minimum Gasteiger partial charge on any atom is -0.352 e. The molecule has 0 saturated heterocycles. The number of halogens is 3. The van der Waals surface area contributed by atoms with Gasteiger partial charge < -0.3 is 10.6 Å². The molecular weight excluding hydrogens is 418 g/mol. The molecule has 3 nitrogen and oxygen atoms in total. The van der Waals surface area contributed by atoms with Gasteiger partial charge in [0.2, 0.25) is 0 Å². The lowest BCUT2D eigenvalue weighted by Gasteiger charge is -2.07. The van der Waals surface area contributed by atoms with Crippen molar-refractivity contribution in [3.05, 3.63) is 31.8 Å². The van der Waals surface area contributed by atoms with Crippen molar-refractivity contribution in [1.29, 1.82) is 0 Å². The van der Waals surface area contributed by atoms with Crippen molar-refractivity contribution in [2.45, 2.75) is 6.42 Å². The quantitative estimate of drug-likeness (QED) is 0.554. The van der Waals surface area contributed by atoms with E-state index in [1.807, 2.05) is 25.2 Å². The zero-order valence-corrected chi connectivity index (χ0v) is 14.0. The van der Waals surface area contributed by atoms with E-state index in [1.165, 1.54) is 0 Å². The van der Waals surface area contributed by atoms with E-state index in [2.05, 4.69) is 49.2 Å². The number of hydrogen-bond acceptors (Lipinski definition) is 2. The molecule has 1 aromatic rings. The van der Waals surface area contributed by atoms with Crippen molar-refractivity contribution in [2.24, 2.45) is 0 Å². The third-order valence-electron chi connectivity index (χ3n) is 2.06. The molecule has 0 unspecified atom stereocenters. The molecular formula is C11H15BrClIN2O. The van der Waals surface area contributed by atoms with Crippen LogP contribution in [-0.4, -0.2) is 26.0 Å². The first-order valence-electron chi connectivity index (χ1n) is 5.03. The largest absolute Gasteiger partial charge is 0.352 e. The number of carbonyl (C=O) groups excluding carboxylic acids is 1. The van der Waals surface area contributed by atoms with E-state index in [0.29, 0.717) is 6.54 Å². The first-order chi connectivity index (χ1) is 7.65. The molecule has 0 aliphatic heterocycles. The van der Waals surface area contributed by atoms with Crippen molar-refractivity contribution in [2.75, 3.05) is 20.1 Å². The minimum atomic E-state index is -0.0122. The molecule has 6 heteroatoms. The van der Waals surface area contributed by atoms with Gasteiger partial charge in [-0.05, 0) is 60.8 Å². The van der Waals surface area contributed by atoms with Crippen molar-refractivity contribution in [3.63, 3.8) is 0 Å². The first-order valence-corrected chi connectivity index (χ1v) is 6.90. The lowest BCUT2D eigenvalue weighted by molar-refractivity contribution is 0.0952. The Morgan fingerprint density at radius 3 is 2.76 bits per heavy atom. The summed E-state index contributed by atoms with van der Waals surface area (Å²) < 4.78 is 1.89. The van der Waals surface area contributed by atoms with Crippen LogP contribution in [0.1, 0.15) is 16.8 Å². The monoisotopic (exact) mass is 432 g/mol. The van der Waals surface area contributed by atoms with Crippen LogP contribution in [0.2, 0.25) is 0 Å². The molecule has 0 atom stereocenters. The third kappa shape index (κ3) is 6.03. The summed E-state index contributed by atoms with van der Waals surface area (Å²) in [5, 5.41) is 5.94. The fourth-order valence-electron chi connectivity index (χ4n) is 1.23. The molecule has 2 N–H and O–H groups in total. The summed E-state index contributed by atoms with van der Waals surface area (Å²) in [7, 11) is 1.90. The average Bonchev–Trinajstić information content (AvgIpc) is 2.27. The van der Waals surface area contributed by atoms with Crippen LogP contribution < -0.4 is 10.6 Å². The van der Waals surface area contributed by atoms with E-state index in [-0.39, 0.29) is 18.3 Å². The Morgan fingerprint density at radius 1 is 1.41 bits per heavy atom. The number of nitrogens with one attached hydrogen (secondary N) is 2. The van der Waals surface area contributed by atoms with Gasteiger partial charge in [-0.1, -0.05) is 15.9 Å². The Bertz CT molecular complexity index is 376. The predicted octanol–water partition coefficient (Wildman–Crippen LogP) is 2.81. The van der Waals surface area contributed by atoms with Crippen molar-refractivity contribution in [3.8, 4) is 0 Å². The number of rotatable bonds is 5. The molecule has 0 radical (unpaired) electrons. The van der Waals surface area contributed by atoms with Gasteiger partial charge in [-0.3, -0.25) is 4.79 Å². The van der Waals surface area contributed by atoms with Gasteiger partial charge in [-0.2, -0.15) is 0 Å². The van der Waals surface area contributed by atoms with Gasteiger partial charge in [0.05, 0.1) is 5.56 Å². The minimum absolute atomic E-state index is 0. The standard InChI is InChI=1S/C11H14BrIN2O.ClH/c1-14-5-2-6-15-11(16)9-7-8(12)3-4-10(9)13;/h3-4,7,14H,2,5-6H2,1H3,(H,15,16);1H. The molecule has 1 amide bonds. The highest BCUT2D eigenvalue weighted by atomic mass is 127. The second kappa shape index (κ2) is 9.13. The molecule has 0 aliphatic carbocycles. The van der Waals surface area contributed by atoms with Crippen LogP contribution in [0, 0.1) is 3.57 Å². The second-order valence-corrected chi connectivity index (χ2v) is 5.42. The highest BCUT2D eigenvalue weighted by Crippen LogP contribution is 2.18. The molecule has 0 saturated carbocycles. The van der Waals surface area contributed by atoms with Crippen molar-refractivity contribution >= 4 is 56.8 Å². The predicted molar refractivity (Wildman–Crippen MR) is 85.0 cm³/mol.